The topological polar surface area (TPSA) is 89.0 Å². The first-order valence-corrected chi connectivity index (χ1v) is 11.9. The summed E-state index contributed by atoms with van der Waals surface area (Å²) in [5, 5.41) is 12.3. The van der Waals surface area contributed by atoms with E-state index in [1.807, 2.05) is 6.92 Å². The molecule has 2 atom stereocenters. The van der Waals surface area contributed by atoms with Gasteiger partial charge in [-0.1, -0.05) is 49.2 Å². The first kappa shape index (κ1) is 18.6. The zero-order valence-corrected chi connectivity index (χ0v) is 17.1. The normalized spacial score (nSPS) is 25.5. The Morgan fingerprint density at radius 2 is 1.85 bits per heavy atom. The number of nitrogens with zero attached hydrogens (tertiary/aromatic N) is 2. The van der Waals surface area contributed by atoms with Crippen LogP contribution in [0.15, 0.2) is 29.2 Å². The molecule has 6 nitrogen and oxygen atoms in total. The average molecular weight is 406 g/mol. The van der Waals surface area contributed by atoms with Gasteiger partial charge >= 0.3 is 0 Å². The highest BCUT2D eigenvalue weighted by atomic mass is 32.2. The highest BCUT2D eigenvalue weighted by Crippen LogP contribution is 2.61. The lowest BCUT2D eigenvalue weighted by molar-refractivity contribution is -0.119. The Bertz CT molecular complexity index is 962. The summed E-state index contributed by atoms with van der Waals surface area (Å²) in [6, 6.07) is 6.82. The molecule has 2 aliphatic carbocycles. The van der Waals surface area contributed by atoms with Gasteiger partial charge in [-0.15, -0.1) is 10.2 Å². The largest absolute Gasteiger partial charge is 0.300 e. The minimum atomic E-state index is -3.26. The summed E-state index contributed by atoms with van der Waals surface area (Å²) in [7, 11) is -3.26. The van der Waals surface area contributed by atoms with E-state index in [1.165, 1.54) is 43.3 Å². The third-order valence-corrected chi connectivity index (χ3v) is 7.82. The molecule has 2 aliphatic rings. The quantitative estimate of drug-likeness (QED) is 0.824. The van der Waals surface area contributed by atoms with E-state index >= 15 is 0 Å². The van der Waals surface area contributed by atoms with E-state index in [1.54, 1.807) is 24.3 Å². The molecule has 1 aromatic heterocycles. The molecule has 0 bridgehead atoms. The second kappa shape index (κ2) is 6.67. The molecule has 2 aromatic rings. The molecule has 1 heterocycles. The number of rotatable bonds is 5. The number of carbonyl (C=O) groups is 1. The Hall–Kier alpha value is -1.80. The van der Waals surface area contributed by atoms with Crippen LogP contribution in [-0.2, 0) is 20.0 Å². The predicted molar refractivity (Wildman–Crippen MR) is 105 cm³/mol. The number of hydrogen-bond donors (Lipinski definition) is 1. The van der Waals surface area contributed by atoms with Gasteiger partial charge in [0.25, 0.3) is 0 Å². The fourth-order valence-corrected chi connectivity index (χ4v) is 5.71. The van der Waals surface area contributed by atoms with Gasteiger partial charge in [0.15, 0.2) is 9.84 Å². The lowest BCUT2D eigenvalue weighted by atomic mass is 9.87. The fraction of sp³-hybridized carbons (Fsp3) is 0.526. The highest BCUT2D eigenvalue weighted by Gasteiger charge is 2.63. The molecule has 0 aliphatic heterocycles. The van der Waals surface area contributed by atoms with Crippen LogP contribution < -0.4 is 5.32 Å². The SMILES string of the molecule is Cc1nnc(NC(=O)[C@]2(c3ccc(S(C)(=O)=O)cc3)C[C@H]2C2CCCC2)s1. The number of benzene rings is 1. The van der Waals surface area contributed by atoms with Crippen molar-refractivity contribution in [3.63, 3.8) is 0 Å². The molecule has 2 saturated carbocycles. The van der Waals surface area contributed by atoms with Gasteiger partial charge in [0, 0.05) is 6.26 Å². The molecule has 0 unspecified atom stereocenters. The lowest BCUT2D eigenvalue weighted by Crippen LogP contribution is -2.31. The minimum Gasteiger partial charge on any atom is -0.300 e. The molecule has 27 heavy (non-hydrogen) atoms. The van der Waals surface area contributed by atoms with Crippen molar-refractivity contribution < 1.29 is 13.2 Å². The zero-order valence-electron chi connectivity index (χ0n) is 15.4. The van der Waals surface area contributed by atoms with Crippen LogP contribution in [0.3, 0.4) is 0 Å². The molecule has 0 saturated heterocycles. The summed E-state index contributed by atoms with van der Waals surface area (Å²) in [4.78, 5) is 13.5. The van der Waals surface area contributed by atoms with Crippen LogP contribution in [0.25, 0.3) is 0 Å². The number of anilines is 1. The molecular weight excluding hydrogens is 382 g/mol. The number of nitrogens with one attached hydrogen (secondary N) is 1. The number of amides is 1. The van der Waals surface area contributed by atoms with Crippen LogP contribution >= 0.6 is 11.3 Å². The van der Waals surface area contributed by atoms with Crippen molar-refractivity contribution in [2.75, 3.05) is 11.6 Å². The van der Waals surface area contributed by atoms with E-state index < -0.39 is 15.3 Å². The summed E-state index contributed by atoms with van der Waals surface area (Å²) in [5.74, 6) is 0.808. The molecule has 0 radical (unpaired) electrons. The van der Waals surface area contributed by atoms with Gasteiger partial charge in [0.05, 0.1) is 10.3 Å². The van der Waals surface area contributed by atoms with E-state index in [9.17, 15) is 13.2 Å². The van der Waals surface area contributed by atoms with Crippen LogP contribution in [0.2, 0.25) is 0 Å². The van der Waals surface area contributed by atoms with Crippen LogP contribution in [0.4, 0.5) is 5.13 Å². The highest BCUT2D eigenvalue weighted by molar-refractivity contribution is 7.90. The zero-order chi connectivity index (χ0) is 19.2. The molecule has 4 rings (SSSR count). The van der Waals surface area contributed by atoms with Gasteiger partial charge in [-0.05, 0) is 42.9 Å². The van der Waals surface area contributed by atoms with Gasteiger partial charge in [0.2, 0.25) is 11.0 Å². The van der Waals surface area contributed by atoms with E-state index in [4.69, 9.17) is 0 Å². The predicted octanol–water partition coefficient (Wildman–Crippen LogP) is 3.34. The smallest absolute Gasteiger partial charge is 0.237 e. The Morgan fingerprint density at radius 3 is 2.41 bits per heavy atom. The monoisotopic (exact) mass is 405 g/mol. The second-order valence-electron chi connectivity index (χ2n) is 7.70. The lowest BCUT2D eigenvalue weighted by Gasteiger charge is -2.20. The van der Waals surface area contributed by atoms with Crippen molar-refractivity contribution in [2.45, 2.75) is 49.3 Å². The third-order valence-electron chi connectivity index (χ3n) is 5.93. The summed E-state index contributed by atoms with van der Waals surface area (Å²) in [5.41, 5.74) is 0.301. The fourth-order valence-electron chi connectivity index (χ4n) is 4.50. The van der Waals surface area contributed by atoms with E-state index in [2.05, 4.69) is 15.5 Å². The van der Waals surface area contributed by atoms with Crippen LogP contribution in [0.5, 0.6) is 0 Å². The van der Waals surface area contributed by atoms with Crippen LogP contribution in [0.1, 0.15) is 42.7 Å². The third kappa shape index (κ3) is 3.40. The van der Waals surface area contributed by atoms with E-state index in [-0.39, 0.29) is 10.8 Å². The summed E-state index contributed by atoms with van der Waals surface area (Å²) in [6.07, 6.45) is 6.78. The van der Waals surface area contributed by atoms with E-state index in [0.717, 1.165) is 17.0 Å². The molecule has 1 N–H and O–H groups in total. The molecular formula is C19H23N3O3S2. The number of aryl methyl sites for hydroxylation is 1. The average Bonchev–Trinajstić information content (AvgIpc) is 2.94. The molecule has 2 fully saturated rings. The maximum absolute atomic E-state index is 13.3. The summed E-state index contributed by atoms with van der Waals surface area (Å²) >= 11 is 1.36. The summed E-state index contributed by atoms with van der Waals surface area (Å²) < 4.78 is 23.5. The second-order valence-corrected chi connectivity index (χ2v) is 10.9. The maximum atomic E-state index is 13.3. The number of carbonyl (C=O) groups excluding carboxylic acids is 1. The van der Waals surface area contributed by atoms with Gasteiger partial charge < -0.3 is 0 Å². The minimum absolute atomic E-state index is 0.0531. The Labute approximate surface area is 163 Å². The van der Waals surface area contributed by atoms with Crippen molar-refractivity contribution in [1.82, 2.24) is 10.2 Å². The number of aromatic nitrogens is 2. The van der Waals surface area contributed by atoms with Gasteiger partial charge in [-0.25, -0.2) is 8.42 Å². The summed E-state index contributed by atoms with van der Waals surface area (Å²) in [6.45, 7) is 1.85. The molecule has 1 aromatic carbocycles. The Kier molecular flexibility index (Phi) is 4.58. The molecule has 144 valence electrons. The maximum Gasteiger partial charge on any atom is 0.237 e. The molecule has 0 spiro atoms. The van der Waals surface area contributed by atoms with Crippen molar-refractivity contribution in [3.8, 4) is 0 Å². The van der Waals surface area contributed by atoms with Crippen molar-refractivity contribution in [3.05, 3.63) is 34.8 Å². The Morgan fingerprint density at radius 1 is 1.19 bits per heavy atom. The standard InChI is InChI=1S/C19H23N3O3S2/c1-12-21-22-18(26-12)20-17(23)19(11-16(19)13-5-3-4-6-13)14-7-9-15(10-8-14)27(2,24)25/h7-10,13,16H,3-6,11H2,1-2H3,(H,20,22,23)/t16-,19-/m0/s1. The molecule has 1 amide bonds. The van der Waals surface area contributed by atoms with Crippen molar-refractivity contribution in [2.24, 2.45) is 11.8 Å². The van der Waals surface area contributed by atoms with Crippen LogP contribution in [0, 0.1) is 18.8 Å². The van der Waals surface area contributed by atoms with Gasteiger partial charge in [-0.2, -0.15) is 0 Å². The first-order valence-electron chi connectivity index (χ1n) is 9.23. The van der Waals surface area contributed by atoms with Crippen molar-refractivity contribution in [1.29, 1.82) is 0 Å². The number of sulfone groups is 1. The van der Waals surface area contributed by atoms with Gasteiger partial charge in [0.1, 0.15) is 5.01 Å². The van der Waals surface area contributed by atoms with E-state index in [0.29, 0.717) is 17.0 Å². The van der Waals surface area contributed by atoms with Crippen LogP contribution in [-0.4, -0.2) is 30.8 Å². The number of hydrogen-bond acceptors (Lipinski definition) is 6. The Balaban J connectivity index is 1.66. The first-order chi connectivity index (χ1) is 12.8. The molecule has 8 heteroatoms. The van der Waals surface area contributed by atoms with Gasteiger partial charge in [-0.3, -0.25) is 10.1 Å². The van der Waals surface area contributed by atoms with Crippen molar-refractivity contribution >= 4 is 32.2 Å².